The van der Waals surface area contributed by atoms with Gasteiger partial charge in [-0.25, -0.2) is 4.98 Å². The van der Waals surface area contributed by atoms with Gasteiger partial charge in [0.2, 0.25) is 11.7 Å². The fourth-order valence-electron chi connectivity index (χ4n) is 9.13. The third-order valence-corrected chi connectivity index (χ3v) is 11.8. The second kappa shape index (κ2) is 11.4. The molecule has 3 fully saturated rings. The number of hydrogen-bond acceptors (Lipinski definition) is 8. The lowest BCUT2D eigenvalue weighted by molar-refractivity contribution is -0.137. The molecule has 9 rings (SSSR count). The highest BCUT2D eigenvalue weighted by Crippen LogP contribution is 2.72. The van der Waals surface area contributed by atoms with E-state index in [9.17, 15) is 32.7 Å². The molecule has 2 aliphatic heterocycles. The van der Waals surface area contributed by atoms with Crippen molar-refractivity contribution >= 4 is 40.5 Å². The van der Waals surface area contributed by atoms with Gasteiger partial charge in [-0.05, 0) is 79.8 Å². The number of piperidine rings is 1. The zero-order valence-corrected chi connectivity index (χ0v) is 27.7. The Balaban J connectivity index is 1.12. The lowest BCUT2D eigenvalue weighted by Gasteiger charge is -2.58. The minimum Gasteiger partial charge on any atom is -0.505 e. The highest BCUT2D eigenvalue weighted by atomic mass is 35.5. The number of aromatic nitrogens is 5. The molecule has 5 atom stereocenters. The smallest absolute Gasteiger partial charge is 0.416 e. The van der Waals surface area contributed by atoms with Crippen molar-refractivity contribution in [1.29, 1.82) is 0 Å². The predicted octanol–water partition coefficient (Wildman–Crippen LogP) is 4.79. The third-order valence-electron chi connectivity index (χ3n) is 11.5. The number of carbonyl (C=O) groups excluding carboxylic acids is 2. The number of halogens is 4. The van der Waals surface area contributed by atoms with Gasteiger partial charge in [-0.1, -0.05) is 17.7 Å². The van der Waals surface area contributed by atoms with Gasteiger partial charge in [0.15, 0.2) is 11.5 Å². The number of ether oxygens (including phenoxy) is 1. The SMILES string of the molecule is O=C(Cn1c2c(c(=O)n3nc(C4=CCOCC4)nc13)[C@@]1(CCN(C(=O)c3ncccc3O)[C@H]3CC[C@H]31)[C@@H]1C[C@H]21)Nc1ccc(C(F)(F)F)cc1Cl. The molecule has 2 saturated carbocycles. The lowest BCUT2D eigenvalue weighted by atomic mass is 9.54. The summed E-state index contributed by atoms with van der Waals surface area (Å²) in [4.78, 5) is 52.7. The van der Waals surface area contributed by atoms with Gasteiger partial charge in [-0.2, -0.15) is 22.7 Å². The molecule has 0 bridgehead atoms. The Morgan fingerprint density at radius 3 is 2.73 bits per heavy atom. The molecule has 3 aromatic heterocycles. The highest BCUT2D eigenvalue weighted by Gasteiger charge is 2.70. The number of benzene rings is 1. The number of pyridine rings is 1. The quantitative estimate of drug-likeness (QED) is 0.300. The van der Waals surface area contributed by atoms with Crippen molar-refractivity contribution in [3.63, 3.8) is 0 Å². The zero-order valence-electron chi connectivity index (χ0n) is 27.0. The van der Waals surface area contributed by atoms with E-state index in [1.807, 2.05) is 6.08 Å². The Morgan fingerprint density at radius 1 is 1.18 bits per heavy atom. The lowest BCUT2D eigenvalue weighted by Crippen LogP contribution is -2.64. The van der Waals surface area contributed by atoms with Crippen molar-refractivity contribution in [3.8, 4) is 5.75 Å². The first kappa shape index (κ1) is 32.2. The minimum atomic E-state index is -4.60. The zero-order chi connectivity index (χ0) is 35.4. The average Bonchev–Trinajstić information content (AvgIpc) is 3.67. The molecule has 1 aromatic carbocycles. The summed E-state index contributed by atoms with van der Waals surface area (Å²) in [7, 11) is 0. The molecular formula is C35H31ClF3N7O5. The number of carbonyl (C=O) groups is 2. The Labute approximate surface area is 292 Å². The van der Waals surface area contributed by atoms with E-state index < -0.39 is 23.1 Å². The number of fused-ring (bicyclic) bond motifs is 8. The maximum Gasteiger partial charge on any atom is 0.416 e. The van der Waals surface area contributed by atoms with Gasteiger partial charge in [-0.3, -0.25) is 14.4 Å². The van der Waals surface area contributed by atoms with E-state index in [1.165, 1.54) is 16.8 Å². The highest BCUT2D eigenvalue weighted by molar-refractivity contribution is 6.33. The normalized spacial score (nSPS) is 26.3. The molecule has 264 valence electrons. The fourth-order valence-corrected chi connectivity index (χ4v) is 9.36. The predicted molar refractivity (Wildman–Crippen MR) is 176 cm³/mol. The van der Waals surface area contributed by atoms with Crippen LogP contribution in [0.15, 0.2) is 47.4 Å². The molecule has 2 N–H and O–H groups in total. The van der Waals surface area contributed by atoms with Gasteiger partial charge >= 0.3 is 6.18 Å². The molecule has 5 aliphatic rings. The number of nitrogens with zero attached hydrogens (tertiary/aromatic N) is 6. The first-order valence-electron chi connectivity index (χ1n) is 16.9. The first-order valence-corrected chi connectivity index (χ1v) is 17.3. The molecule has 4 aromatic rings. The number of anilines is 1. The summed E-state index contributed by atoms with van der Waals surface area (Å²) in [6, 6.07) is 5.56. The molecule has 16 heteroatoms. The Morgan fingerprint density at radius 2 is 2.02 bits per heavy atom. The van der Waals surface area contributed by atoms with Crippen LogP contribution in [0, 0.1) is 11.8 Å². The summed E-state index contributed by atoms with van der Waals surface area (Å²) < 4.78 is 48.3. The van der Waals surface area contributed by atoms with Crippen LogP contribution in [0.4, 0.5) is 18.9 Å². The summed E-state index contributed by atoms with van der Waals surface area (Å²) in [5.74, 6) is -0.470. The molecule has 2 amide bonds. The molecule has 12 nitrogen and oxygen atoms in total. The van der Waals surface area contributed by atoms with Crippen molar-refractivity contribution < 1.29 is 32.6 Å². The van der Waals surface area contributed by atoms with Crippen molar-refractivity contribution in [1.82, 2.24) is 29.0 Å². The number of amides is 2. The van der Waals surface area contributed by atoms with Crippen LogP contribution in [0.1, 0.15) is 71.2 Å². The summed E-state index contributed by atoms with van der Waals surface area (Å²) in [5, 5.41) is 17.4. The monoisotopic (exact) mass is 721 g/mol. The Bertz CT molecular complexity index is 2250. The van der Waals surface area contributed by atoms with E-state index in [2.05, 4.69) is 15.4 Å². The molecular weight excluding hydrogens is 691 g/mol. The fraction of sp³-hybridized carbons (Fsp3) is 0.429. The number of hydrogen-bond donors (Lipinski definition) is 2. The largest absolute Gasteiger partial charge is 0.505 e. The summed E-state index contributed by atoms with van der Waals surface area (Å²) >= 11 is 6.18. The number of nitrogens with one attached hydrogen (secondary N) is 1. The van der Waals surface area contributed by atoms with Gasteiger partial charge in [0.05, 0.1) is 29.5 Å². The molecule has 1 spiro atoms. The first-order chi connectivity index (χ1) is 24.5. The summed E-state index contributed by atoms with van der Waals surface area (Å²) in [5.41, 5.74) is 0.357. The van der Waals surface area contributed by atoms with Gasteiger partial charge in [0.1, 0.15) is 12.3 Å². The van der Waals surface area contributed by atoms with Crippen LogP contribution in [0.3, 0.4) is 0 Å². The average molecular weight is 722 g/mol. The molecule has 3 aliphatic carbocycles. The van der Waals surface area contributed by atoms with Crippen molar-refractivity contribution in [2.75, 3.05) is 25.1 Å². The van der Waals surface area contributed by atoms with E-state index in [0.717, 1.165) is 48.7 Å². The van der Waals surface area contributed by atoms with Crippen LogP contribution in [0.5, 0.6) is 5.75 Å². The van der Waals surface area contributed by atoms with E-state index in [-0.39, 0.29) is 69.7 Å². The number of rotatable bonds is 5. The van der Waals surface area contributed by atoms with Crippen LogP contribution in [0.2, 0.25) is 5.02 Å². The summed E-state index contributed by atoms with van der Waals surface area (Å²) in [6.07, 6.45) is 2.14. The Hall–Kier alpha value is -4.76. The minimum absolute atomic E-state index is 0.00370. The summed E-state index contributed by atoms with van der Waals surface area (Å²) in [6.45, 7) is 0.919. The molecule has 5 heterocycles. The van der Waals surface area contributed by atoms with Gasteiger partial charge in [0, 0.05) is 41.4 Å². The van der Waals surface area contributed by atoms with Gasteiger partial charge in [-0.15, -0.1) is 5.10 Å². The van der Waals surface area contributed by atoms with E-state index in [4.69, 9.17) is 21.3 Å². The topological polar surface area (TPSA) is 144 Å². The molecule has 1 saturated heterocycles. The number of likely N-dealkylation sites (tertiary alicyclic amines) is 1. The van der Waals surface area contributed by atoms with Gasteiger partial charge < -0.3 is 24.6 Å². The maximum absolute atomic E-state index is 14.7. The van der Waals surface area contributed by atoms with E-state index in [0.29, 0.717) is 44.0 Å². The second-order valence-electron chi connectivity index (χ2n) is 14.0. The molecule has 51 heavy (non-hydrogen) atoms. The molecule has 0 unspecified atom stereocenters. The van der Waals surface area contributed by atoms with Crippen LogP contribution < -0.4 is 10.9 Å². The van der Waals surface area contributed by atoms with Crippen molar-refractivity contribution in [2.24, 2.45) is 11.8 Å². The maximum atomic E-state index is 14.7. The van der Waals surface area contributed by atoms with Crippen LogP contribution in [-0.2, 0) is 27.7 Å². The van der Waals surface area contributed by atoms with E-state index in [1.54, 1.807) is 15.5 Å². The van der Waals surface area contributed by atoms with Crippen molar-refractivity contribution in [3.05, 3.63) is 86.3 Å². The number of aromatic hydroxyl groups is 1. The standard InChI is InChI=1S/C35H31ClF3N7O5/c36-22-14-18(35(37,38)39)3-5-23(22)41-26(48)16-45-29-19-15-21(19)34(27(29)31(49)46-33(45)42-30(43-46)17-7-12-51-13-8-17)9-11-44(24-6-4-20(24)34)32(50)28-25(47)2-1-10-40-28/h1-3,5,7,10,14,19-21,24,47H,4,6,8-9,11-13,15-16H2,(H,41,48)/t19-,20+,21+,24-,34+/m0/s1. The van der Waals surface area contributed by atoms with Crippen LogP contribution >= 0.6 is 11.6 Å². The van der Waals surface area contributed by atoms with E-state index >= 15 is 0 Å². The third kappa shape index (κ3) is 4.84. The number of alkyl halides is 3. The molecule has 0 radical (unpaired) electrons. The van der Waals surface area contributed by atoms with Crippen LogP contribution in [-0.4, -0.2) is 71.8 Å². The van der Waals surface area contributed by atoms with Crippen molar-refractivity contribution in [2.45, 2.75) is 62.2 Å². The Kier molecular flexibility index (Phi) is 7.17. The van der Waals surface area contributed by atoms with Crippen LogP contribution in [0.25, 0.3) is 11.4 Å². The van der Waals surface area contributed by atoms with Gasteiger partial charge in [0.25, 0.3) is 11.5 Å². The second-order valence-corrected chi connectivity index (χ2v) is 14.4.